The monoisotopic (exact) mass is 508 g/mol. The summed E-state index contributed by atoms with van der Waals surface area (Å²) in [5.41, 5.74) is 4.07. The van der Waals surface area contributed by atoms with E-state index < -0.39 is 12.1 Å². The molecule has 0 aliphatic heterocycles. The van der Waals surface area contributed by atoms with E-state index >= 15 is 0 Å². The number of carboxylic acids is 1. The molecule has 0 saturated carbocycles. The molecular formula is C28H26ClFN2O4. The number of halogens is 2. The molecule has 0 radical (unpaired) electrons. The van der Waals surface area contributed by atoms with Crippen molar-refractivity contribution in [2.24, 2.45) is 0 Å². The van der Waals surface area contributed by atoms with E-state index in [0.717, 1.165) is 11.1 Å². The topological polar surface area (TPSA) is 84.6 Å². The van der Waals surface area contributed by atoms with Crippen LogP contribution in [-0.4, -0.2) is 32.1 Å². The number of aromatic nitrogens is 2. The molecule has 4 rings (SSSR count). The van der Waals surface area contributed by atoms with Crippen LogP contribution in [0.25, 0.3) is 22.5 Å². The largest absolute Gasteiger partial charge is 0.488 e. The molecule has 1 heterocycles. The van der Waals surface area contributed by atoms with Crippen molar-refractivity contribution in [1.29, 1.82) is 0 Å². The fourth-order valence-corrected chi connectivity index (χ4v) is 4.06. The second kappa shape index (κ2) is 11.4. The lowest BCUT2D eigenvalue weighted by Gasteiger charge is -2.13. The number of benzene rings is 3. The first-order valence-corrected chi connectivity index (χ1v) is 11.9. The van der Waals surface area contributed by atoms with Crippen molar-refractivity contribution in [3.05, 3.63) is 94.8 Å². The Bertz CT molecular complexity index is 1350. The first kappa shape index (κ1) is 25.4. The van der Waals surface area contributed by atoms with Crippen LogP contribution >= 0.6 is 11.6 Å². The van der Waals surface area contributed by atoms with Crippen LogP contribution in [0.2, 0.25) is 5.02 Å². The van der Waals surface area contributed by atoms with Crippen LogP contribution in [0.15, 0.2) is 72.8 Å². The van der Waals surface area contributed by atoms with Crippen LogP contribution in [-0.2, 0) is 24.4 Å². The molecule has 0 saturated heterocycles. The Balaban J connectivity index is 1.77. The fraction of sp³-hybridized carbons (Fsp3) is 0.214. The number of carbonyl (C=O) groups is 1. The molecule has 0 aliphatic carbocycles. The van der Waals surface area contributed by atoms with Crippen molar-refractivity contribution in [2.45, 2.75) is 39.0 Å². The molecule has 1 atom stereocenters. The highest BCUT2D eigenvalue weighted by Gasteiger charge is 2.18. The average molecular weight is 509 g/mol. The number of hydrogen-bond acceptors (Lipinski definition) is 4. The number of nitrogens with zero attached hydrogens (tertiary/aromatic N) is 2. The van der Waals surface area contributed by atoms with Gasteiger partial charge in [0.25, 0.3) is 0 Å². The minimum Gasteiger partial charge on any atom is -0.488 e. The predicted molar refractivity (Wildman–Crippen MR) is 136 cm³/mol. The van der Waals surface area contributed by atoms with Crippen molar-refractivity contribution < 1.29 is 24.1 Å². The van der Waals surface area contributed by atoms with Gasteiger partial charge < -0.3 is 14.9 Å². The van der Waals surface area contributed by atoms with Crippen LogP contribution in [0.5, 0.6) is 5.75 Å². The van der Waals surface area contributed by atoms with Crippen molar-refractivity contribution in [1.82, 2.24) is 9.78 Å². The van der Waals surface area contributed by atoms with E-state index in [1.807, 2.05) is 31.2 Å². The van der Waals surface area contributed by atoms with E-state index in [4.69, 9.17) is 21.4 Å². The Morgan fingerprint density at radius 1 is 1.08 bits per heavy atom. The number of ether oxygens (including phenoxy) is 1. The zero-order chi connectivity index (χ0) is 25.7. The quantitative estimate of drug-likeness (QED) is 0.275. The van der Waals surface area contributed by atoms with Crippen molar-refractivity contribution in [2.75, 3.05) is 0 Å². The van der Waals surface area contributed by atoms with Gasteiger partial charge in [-0.3, -0.25) is 9.48 Å². The van der Waals surface area contributed by atoms with Crippen molar-refractivity contribution >= 4 is 17.6 Å². The number of hydrogen-bond donors (Lipinski definition) is 2. The highest BCUT2D eigenvalue weighted by molar-refractivity contribution is 6.30. The maximum atomic E-state index is 13.6. The first-order chi connectivity index (χ1) is 17.3. The van der Waals surface area contributed by atoms with E-state index in [1.165, 1.54) is 12.1 Å². The normalized spacial score (nSPS) is 11.9. The Labute approximate surface area is 213 Å². The van der Waals surface area contributed by atoms with Crippen molar-refractivity contribution in [3.63, 3.8) is 0 Å². The van der Waals surface area contributed by atoms with Gasteiger partial charge in [0.15, 0.2) is 0 Å². The summed E-state index contributed by atoms with van der Waals surface area (Å²) in [6.45, 7) is 2.38. The van der Waals surface area contributed by atoms with Gasteiger partial charge >= 0.3 is 5.97 Å². The average Bonchev–Trinajstić information content (AvgIpc) is 3.26. The van der Waals surface area contributed by atoms with Crippen LogP contribution in [0.1, 0.15) is 24.5 Å². The molecule has 3 aromatic carbocycles. The molecule has 1 aromatic heterocycles. The number of rotatable bonds is 10. The van der Waals surface area contributed by atoms with Crippen LogP contribution in [0.4, 0.5) is 4.39 Å². The molecule has 0 unspecified atom stereocenters. The summed E-state index contributed by atoms with van der Waals surface area (Å²) in [4.78, 5) is 11.3. The van der Waals surface area contributed by atoms with Gasteiger partial charge in [0, 0.05) is 16.1 Å². The standard InChI is InChI=1S/C28H26ClFN2O4/c1-2-23(33)16-32-26(20-7-9-22(30)10-8-20)15-25(31-32)24-13-18(14-28(34)35)6-11-27(24)36-17-19-4-3-5-21(29)12-19/h3-13,15,23,33H,2,14,16-17H2,1H3,(H,34,35)/t23-/m0/s1. The zero-order valence-electron chi connectivity index (χ0n) is 19.7. The molecule has 0 amide bonds. The Morgan fingerprint density at radius 3 is 2.56 bits per heavy atom. The van der Waals surface area contributed by atoms with E-state index in [1.54, 1.807) is 41.1 Å². The summed E-state index contributed by atoms with van der Waals surface area (Å²) < 4.78 is 21.3. The van der Waals surface area contributed by atoms with Crippen molar-refractivity contribution in [3.8, 4) is 28.3 Å². The summed E-state index contributed by atoms with van der Waals surface area (Å²) in [5.74, 6) is -0.774. The molecule has 36 heavy (non-hydrogen) atoms. The molecule has 6 nitrogen and oxygen atoms in total. The molecular weight excluding hydrogens is 483 g/mol. The summed E-state index contributed by atoms with van der Waals surface area (Å²) >= 11 is 6.10. The molecule has 4 aromatic rings. The smallest absolute Gasteiger partial charge is 0.307 e. The fourth-order valence-electron chi connectivity index (χ4n) is 3.84. The maximum Gasteiger partial charge on any atom is 0.307 e. The minimum absolute atomic E-state index is 0.151. The van der Waals surface area contributed by atoms with Gasteiger partial charge in [-0.2, -0.15) is 5.10 Å². The second-order valence-corrected chi connectivity index (χ2v) is 8.92. The number of aliphatic carboxylic acids is 1. The van der Waals surface area contributed by atoms with Gasteiger partial charge in [-0.05, 0) is 72.1 Å². The summed E-state index contributed by atoms with van der Waals surface area (Å²) in [6.07, 6.45) is -0.226. The predicted octanol–water partition coefficient (Wildman–Crippen LogP) is 5.99. The first-order valence-electron chi connectivity index (χ1n) is 11.6. The third-order valence-electron chi connectivity index (χ3n) is 5.73. The van der Waals surface area contributed by atoms with Gasteiger partial charge in [-0.25, -0.2) is 4.39 Å². The van der Waals surface area contributed by atoms with E-state index in [-0.39, 0.29) is 25.4 Å². The summed E-state index contributed by atoms with van der Waals surface area (Å²) in [6, 6.07) is 20.4. The molecule has 0 bridgehead atoms. The summed E-state index contributed by atoms with van der Waals surface area (Å²) in [5, 5.41) is 24.9. The molecule has 0 spiro atoms. The summed E-state index contributed by atoms with van der Waals surface area (Å²) in [7, 11) is 0. The van der Waals surface area contributed by atoms with Gasteiger partial charge in [0.2, 0.25) is 0 Å². The molecule has 0 fully saturated rings. The van der Waals surface area contributed by atoms with Crippen LogP contribution in [0.3, 0.4) is 0 Å². The van der Waals surface area contributed by atoms with E-state index in [0.29, 0.717) is 39.7 Å². The number of aliphatic hydroxyl groups is 1. The molecule has 8 heteroatoms. The van der Waals surface area contributed by atoms with Gasteiger partial charge in [-0.15, -0.1) is 0 Å². The molecule has 186 valence electrons. The number of aliphatic hydroxyl groups excluding tert-OH is 1. The minimum atomic E-state index is -0.947. The second-order valence-electron chi connectivity index (χ2n) is 8.49. The lowest BCUT2D eigenvalue weighted by Crippen LogP contribution is -2.16. The molecule has 0 aliphatic rings. The lowest BCUT2D eigenvalue weighted by atomic mass is 10.0. The van der Waals surface area contributed by atoms with Crippen LogP contribution in [0, 0.1) is 5.82 Å². The van der Waals surface area contributed by atoms with E-state index in [2.05, 4.69) is 0 Å². The third kappa shape index (κ3) is 6.30. The van der Waals surface area contributed by atoms with E-state index in [9.17, 15) is 19.4 Å². The number of carboxylic acid groups (broad SMARTS) is 1. The SMILES string of the molecule is CC[C@H](O)Cn1nc(-c2cc(CC(=O)O)ccc2OCc2cccc(Cl)c2)cc1-c1ccc(F)cc1. The van der Waals surface area contributed by atoms with Gasteiger partial charge in [-0.1, -0.05) is 36.7 Å². The Hall–Kier alpha value is -3.68. The third-order valence-corrected chi connectivity index (χ3v) is 5.97. The zero-order valence-corrected chi connectivity index (χ0v) is 20.5. The van der Waals surface area contributed by atoms with Gasteiger partial charge in [0.05, 0.1) is 30.5 Å². The van der Waals surface area contributed by atoms with Gasteiger partial charge in [0.1, 0.15) is 18.2 Å². The maximum absolute atomic E-state index is 13.6. The highest BCUT2D eigenvalue weighted by atomic mass is 35.5. The highest BCUT2D eigenvalue weighted by Crippen LogP contribution is 2.34. The Morgan fingerprint density at radius 2 is 1.86 bits per heavy atom. The lowest BCUT2D eigenvalue weighted by molar-refractivity contribution is -0.136. The molecule has 2 N–H and O–H groups in total. The van der Waals surface area contributed by atoms with Crippen LogP contribution < -0.4 is 4.74 Å². The Kier molecular flexibility index (Phi) is 8.03.